The molecule has 2 nitrogen and oxygen atoms in total. The van der Waals surface area contributed by atoms with Gasteiger partial charge in [-0.1, -0.05) is 27.7 Å². The van der Waals surface area contributed by atoms with Gasteiger partial charge in [-0.3, -0.25) is 4.79 Å². The Hall–Kier alpha value is -0.180. The summed E-state index contributed by atoms with van der Waals surface area (Å²) in [4.78, 5) is 10.7. The van der Waals surface area contributed by atoms with Gasteiger partial charge in [0.15, 0.2) is 0 Å². The molecule has 0 aliphatic carbocycles. The number of hydrogen-bond donors (Lipinski definition) is 2. The molecule has 0 aliphatic heterocycles. The summed E-state index contributed by atoms with van der Waals surface area (Å²) in [5.41, 5.74) is 5.30. The van der Waals surface area contributed by atoms with E-state index in [1.54, 1.807) is 0 Å². The molecule has 2 N–H and O–H groups in total. The third kappa shape index (κ3) is 6.53. The van der Waals surface area contributed by atoms with Crippen LogP contribution >= 0.6 is 12.6 Å². The minimum atomic E-state index is -0.281. The van der Waals surface area contributed by atoms with Crippen LogP contribution in [0, 0.1) is 5.41 Å². The maximum absolute atomic E-state index is 10.7. The van der Waals surface area contributed by atoms with Crippen LogP contribution in [0.4, 0.5) is 0 Å². The van der Waals surface area contributed by atoms with E-state index in [1.807, 2.05) is 6.92 Å². The standard InChI is InChI=1S/C9H19NOS/c1-8(2,3)6-9(4,12)5-7(10)11/h12H,5-6H2,1-4H3,(H2,10,11). The van der Waals surface area contributed by atoms with E-state index in [4.69, 9.17) is 5.73 Å². The largest absolute Gasteiger partial charge is 0.370 e. The summed E-state index contributed by atoms with van der Waals surface area (Å²) >= 11 is 4.42. The van der Waals surface area contributed by atoms with Crippen molar-refractivity contribution in [1.29, 1.82) is 0 Å². The first-order valence-electron chi connectivity index (χ1n) is 4.13. The summed E-state index contributed by atoms with van der Waals surface area (Å²) in [7, 11) is 0. The van der Waals surface area contributed by atoms with Crippen molar-refractivity contribution in [3.8, 4) is 0 Å². The molecule has 0 spiro atoms. The monoisotopic (exact) mass is 189 g/mol. The van der Waals surface area contributed by atoms with Gasteiger partial charge in [0, 0.05) is 11.2 Å². The lowest BCUT2D eigenvalue weighted by Crippen LogP contribution is -2.30. The predicted octanol–water partition coefficient (Wildman–Crippen LogP) is 1.99. The van der Waals surface area contributed by atoms with Crippen molar-refractivity contribution in [1.82, 2.24) is 0 Å². The molecule has 1 amide bonds. The smallest absolute Gasteiger partial charge is 0.218 e. The van der Waals surface area contributed by atoms with E-state index in [9.17, 15) is 4.79 Å². The number of rotatable bonds is 3. The van der Waals surface area contributed by atoms with Crippen LogP contribution in [0.3, 0.4) is 0 Å². The highest BCUT2D eigenvalue weighted by atomic mass is 32.1. The first-order valence-corrected chi connectivity index (χ1v) is 4.58. The van der Waals surface area contributed by atoms with Crippen molar-refractivity contribution in [2.75, 3.05) is 0 Å². The Morgan fingerprint density at radius 1 is 1.33 bits per heavy atom. The molecule has 0 aromatic heterocycles. The summed E-state index contributed by atoms with van der Waals surface area (Å²) in [6, 6.07) is 0. The van der Waals surface area contributed by atoms with Gasteiger partial charge in [0.2, 0.25) is 5.91 Å². The molecule has 72 valence electrons. The van der Waals surface area contributed by atoms with E-state index < -0.39 is 0 Å². The maximum atomic E-state index is 10.7. The molecular weight excluding hydrogens is 170 g/mol. The third-order valence-electron chi connectivity index (χ3n) is 1.47. The Bertz CT molecular complexity index is 170. The molecule has 1 atom stereocenters. The highest BCUT2D eigenvalue weighted by Crippen LogP contribution is 2.33. The summed E-state index contributed by atoms with van der Waals surface area (Å²) in [6.45, 7) is 8.33. The van der Waals surface area contributed by atoms with Crippen LogP contribution in [0.15, 0.2) is 0 Å². The molecule has 12 heavy (non-hydrogen) atoms. The van der Waals surface area contributed by atoms with Gasteiger partial charge in [-0.15, -0.1) is 0 Å². The van der Waals surface area contributed by atoms with Crippen LogP contribution in [0.2, 0.25) is 0 Å². The highest BCUT2D eigenvalue weighted by molar-refractivity contribution is 7.81. The minimum Gasteiger partial charge on any atom is -0.370 e. The van der Waals surface area contributed by atoms with Gasteiger partial charge in [-0.25, -0.2) is 0 Å². The number of carbonyl (C=O) groups is 1. The molecule has 0 bridgehead atoms. The molecule has 0 radical (unpaired) electrons. The zero-order valence-electron chi connectivity index (χ0n) is 8.35. The van der Waals surface area contributed by atoms with Crippen LogP contribution in [0.25, 0.3) is 0 Å². The fourth-order valence-corrected chi connectivity index (χ4v) is 2.21. The molecule has 0 saturated carbocycles. The summed E-state index contributed by atoms with van der Waals surface area (Å²) in [5.74, 6) is -0.281. The van der Waals surface area contributed by atoms with Crippen molar-refractivity contribution in [3.05, 3.63) is 0 Å². The van der Waals surface area contributed by atoms with Crippen molar-refractivity contribution in [2.24, 2.45) is 11.1 Å². The second kappa shape index (κ2) is 3.69. The fraction of sp³-hybridized carbons (Fsp3) is 0.889. The van der Waals surface area contributed by atoms with Crippen LogP contribution in [0.1, 0.15) is 40.5 Å². The number of thiol groups is 1. The first kappa shape index (κ1) is 11.8. The maximum Gasteiger partial charge on any atom is 0.218 e. The molecule has 0 saturated heterocycles. The molecule has 3 heteroatoms. The summed E-state index contributed by atoms with van der Waals surface area (Å²) < 4.78 is -0.274. The summed E-state index contributed by atoms with van der Waals surface area (Å²) in [5, 5.41) is 0. The molecule has 0 fully saturated rings. The number of amides is 1. The third-order valence-corrected chi connectivity index (χ3v) is 1.78. The van der Waals surface area contributed by atoms with Crippen LogP contribution in [0.5, 0.6) is 0 Å². The lowest BCUT2D eigenvalue weighted by atomic mass is 9.83. The van der Waals surface area contributed by atoms with Gasteiger partial charge in [0.1, 0.15) is 0 Å². The molecule has 0 rings (SSSR count). The Morgan fingerprint density at radius 2 is 1.75 bits per heavy atom. The number of primary amides is 1. The fourth-order valence-electron chi connectivity index (χ4n) is 1.58. The van der Waals surface area contributed by atoms with Crippen molar-refractivity contribution < 1.29 is 4.79 Å². The van der Waals surface area contributed by atoms with Gasteiger partial charge < -0.3 is 5.73 Å². The van der Waals surface area contributed by atoms with Crippen molar-refractivity contribution in [2.45, 2.75) is 45.3 Å². The van der Waals surface area contributed by atoms with Gasteiger partial charge in [0.25, 0.3) is 0 Å². The Balaban J connectivity index is 4.13. The van der Waals surface area contributed by atoms with Crippen LogP contribution < -0.4 is 5.73 Å². The van der Waals surface area contributed by atoms with Crippen molar-refractivity contribution in [3.63, 3.8) is 0 Å². The number of hydrogen-bond acceptors (Lipinski definition) is 2. The number of nitrogens with two attached hydrogens (primary N) is 1. The van der Waals surface area contributed by atoms with Crippen molar-refractivity contribution >= 4 is 18.5 Å². The normalized spacial score (nSPS) is 17.1. The van der Waals surface area contributed by atoms with Crippen LogP contribution in [-0.4, -0.2) is 10.7 Å². The molecule has 0 heterocycles. The second-order valence-electron chi connectivity index (χ2n) is 4.88. The molecule has 0 aromatic carbocycles. The van der Waals surface area contributed by atoms with Crippen LogP contribution in [-0.2, 0) is 4.79 Å². The Morgan fingerprint density at radius 3 is 2.00 bits per heavy atom. The average Bonchev–Trinajstić information content (AvgIpc) is 1.48. The Kier molecular flexibility index (Phi) is 3.63. The minimum absolute atomic E-state index is 0.186. The lowest BCUT2D eigenvalue weighted by molar-refractivity contribution is -0.118. The van der Waals surface area contributed by atoms with Gasteiger partial charge in [0.05, 0.1) is 0 Å². The van der Waals surface area contributed by atoms with E-state index in [2.05, 4.69) is 33.4 Å². The van der Waals surface area contributed by atoms with E-state index >= 15 is 0 Å². The first-order chi connectivity index (χ1) is 5.12. The topological polar surface area (TPSA) is 43.1 Å². The highest BCUT2D eigenvalue weighted by Gasteiger charge is 2.27. The SMILES string of the molecule is CC(C)(C)CC(C)(S)CC(N)=O. The Labute approximate surface area is 80.3 Å². The summed E-state index contributed by atoms with van der Waals surface area (Å²) in [6.07, 6.45) is 1.22. The van der Waals surface area contributed by atoms with E-state index in [0.717, 1.165) is 6.42 Å². The zero-order chi connectivity index (χ0) is 9.99. The molecular formula is C9H19NOS. The van der Waals surface area contributed by atoms with Gasteiger partial charge in [-0.2, -0.15) is 12.6 Å². The predicted molar refractivity (Wildman–Crippen MR) is 55.3 cm³/mol. The zero-order valence-corrected chi connectivity index (χ0v) is 9.24. The molecule has 0 aromatic rings. The van der Waals surface area contributed by atoms with Gasteiger partial charge in [-0.05, 0) is 11.8 Å². The second-order valence-corrected chi connectivity index (χ2v) is 5.96. The molecule has 0 aliphatic rings. The number of carbonyl (C=O) groups excluding carboxylic acids is 1. The average molecular weight is 189 g/mol. The van der Waals surface area contributed by atoms with E-state index in [1.165, 1.54) is 0 Å². The quantitative estimate of drug-likeness (QED) is 0.655. The molecule has 1 unspecified atom stereocenters. The van der Waals surface area contributed by atoms with Gasteiger partial charge >= 0.3 is 0 Å². The lowest BCUT2D eigenvalue weighted by Gasteiger charge is -2.30. The van der Waals surface area contributed by atoms with E-state index in [-0.39, 0.29) is 16.1 Å². The van der Waals surface area contributed by atoms with E-state index in [0.29, 0.717) is 6.42 Å².